The third-order valence-electron chi connectivity index (χ3n) is 8.47. The number of fused-ring (bicyclic) bond motifs is 1. The summed E-state index contributed by atoms with van der Waals surface area (Å²) in [6.45, 7) is 6.61. The van der Waals surface area contributed by atoms with Crippen molar-refractivity contribution in [1.29, 1.82) is 0 Å². The lowest BCUT2D eigenvalue weighted by molar-refractivity contribution is 0.0815. The topological polar surface area (TPSA) is 91.9 Å². The number of halogens is 1. The Balaban J connectivity index is 1.23. The van der Waals surface area contributed by atoms with Crippen LogP contribution >= 0.6 is 0 Å². The maximum Gasteiger partial charge on any atom is 0.164 e. The van der Waals surface area contributed by atoms with Crippen molar-refractivity contribution in [1.82, 2.24) is 34.5 Å². The summed E-state index contributed by atoms with van der Waals surface area (Å²) in [7, 11) is 2.20. The monoisotopic (exact) mass is 516 g/mol. The van der Waals surface area contributed by atoms with E-state index >= 15 is 4.39 Å². The minimum atomic E-state index is -0.225. The Morgan fingerprint density at radius 3 is 2.45 bits per heavy atom. The van der Waals surface area contributed by atoms with Crippen LogP contribution < -0.4 is 5.73 Å². The van der Waals surface area contributed by atoms with Crippen molar-refractivity contribution in [2.45, 2.75) is 57.5 Å². The molecular formula is C29H37FN8. The molecule has 38 heavy (non-hydrogen) atoms. The van der Waals surface area contributed by atoms with Crippen LogP contribution in [-0.2, 0) is 12.8 Å². The summed E-state index contributed by atoms with van der Waals surface area (Å²) in [6.07, 6.45) is 7.28. The van der Waals surface area contributed by atoms with Crippen LogP contribution in [0.5, 0.6) is 0 Å². The largest absolute Gasteiger partial charge is 0.383 e. The van der Waals surface area contributed by atoms with Gasteiger partial charge in [-0.05, 0) is 76.3 Å². The highest BCUT2D eigenvalue weighted by molar-refractivity contribution is 5.98. The van der Waals surface area contributed by atoms with E-state index in [-0.39, 0.29) is 11.9 Å². The molecule has 1 aliphatic carbocycles. The van der Waals surface area contributed by atoms with Gasteiger partial charge in [0.05, 0.1) is 11.4 Å². The minimum absolute atomic E-state index is 0.225. The summed E-state index contributed by atoms with van der Waals surface area (Å²) >= 11 is 0. The molecule has 0 unspecified atom stereocenters. The van der Waals surface area contributed by atoms with Crippen LogP contribution in [-0.4, -0.2) is 73.8 Å². The van der Waals surface area contributed by atoms with Crippen molar-refractivity contribution in [3.05, 3.63) is 59.4 Å². The molecule has 2 aliphatic rings. The second kappa shape index (κ2) is 10.5. The summed E-state index contributed by atoms with van der Waals surface area (Å²) < 4.78 is 17.3. The summed E-state index contributed by atoms with van der Waals surface area (Å²) in [4.78, 5) is 17.2. The van der Waals surface area contributed by atoms with Gasteiger partial charge >= 0.3 is 0 Å². The van der Waals surface area contributed by atoms with Gasteiger partial charge in [0.1, 0.15) is 23.7 Å². The van der Waals surface area contributed by atoms with Gasteiger partial charge in [-0.15, -0.1) is 0 Å². The second-order valence-electron chi connectivity index (χ2n) is 11.0. The van der Waals surface area contributed by atoms with Crippen LogP contribution in [0.4, 0.5) is 10.2 Å². The van der Waals surface area contributed by atoms with Gasteiger partial charge in [-0.1, -0.05) is 12.1 Å². The first-order valence-corrected chi connectivity index (χ1v) is 13.8. The SMILES string of the molecule is Cc1ccc(CCc2ccc(-c3nn(C4CCC(N5CCN(C)CC5)CC4)c4ncnc(N)c34)cc2F)[nH]1. The van der Waals surface area contributed by atoms with Gasteiger partial charge in [-0.3, -0.25) is 4.90 Å². The Morgan fingerprint density at radius 2 is 1.74 bits per heavy atom. The molecule has 6 rings (SSSR count). The number of aromatic amines is 1. The van der Waals surface area contributed by atoms with Gasteiger partial charge in [0.25, 0.3) is 0 Å². The minimum Gasteiger partial charge on any atom is -0.383 e. The molecule has 1 saturated carbocycles. The van der Waals surface area contributed by atoms with Crippen molar-refractivity contribution in [2.24, 2.45) is 0 Å². The number of likely N-dealkylation sites (N-methyl/N-ethyl adjacent to an activating group) is 1. The fourth-order valence-corrected chi connectivity index (χ4v) is 6.18. The lowest BCUT2D eigenvalue weighted by Gasteiger charge is -2.41. The van der Waals surface area contributed by atoms with Crippen LogP contribution in [0.1, 0.15) is 48.7 Å². The van der Waals surface area contributed by atoms with Gasteiger partial charge in [-0.25, -0.2) is 19.0 Å². The Hall–Kier alpha value is -3.30. The molecule has 200 valence electrons. The molecule has 1 saturated heterocycles. The maximum absolute atomic E-state index is 15.2. The van der Waals surface area contributed by atoms with Crippen LogP contribution in [0, 0.1) is 12.7 Å². The average molecular weight is 517 g/mol. The molecule has 0 amide bonds. The Bertz CT molecular complexity index is 1410. The summed E-state index contributed by atoms with van der Waals surface area (Å²) in [5.74, 6) is 0.158. The van der Waals surface area contributed by atoms with Crippen LogP contribution in [0.25, 0.3) is 22.3 Å². The molecule has 0 radical (unpaired) electrons. The highest BCUT2D eigenvalue weighted by atomic mass is 19.1. The lowest BCUT2D eigenvalue weighted by atomic mass is 9.90. The molecule has 3 aromatic heterocycles. The Kier molecular flexibility index (Phi) is 6.88. The number of hydrogen-bond donors (Lipinski definition) is 2. The standard InChI is InChI=1S/C29H37FN8/c1-19-3-7-22(34-19)8-6-20-4-5-21(17-25(20)30)27-26-28(31)32-18-33-29(26)38(35-27)24-11-9-23(10-12-24)37-15-13-36(2)14-16-37/h3-5,7,17-18,23-24,34H,6,8-16H2,1-2H3,(H2,31,32,33). The second-order valence-corrected chi connectivity index (χ2v) is 11.0. The number of nitrogens with two attached hydrogens (primary N) is 1. The Morgan fingerprint density at radius 1 is 0.974 bits per heavy atom. The highest BCUT2D eigenvalue weighted by Gasteiger charge is 2.30. The number of benzene rings is 1. The predicted octanol–water partition coefficient (Wildman–Crippen LogP) is 4.37. The average Bonchev–Trinajstić information content (AvgIpc) is 3.53. The molecule has 1 aromatic carbocycles. The number of nitrogens with zero attached hydrogens (tertiary/aromatic N) is 6. The number of hydrogen-bond acceptors (Lipinski definition) is 6. The smallest absolute Gasteiger partial charge is 0.164 e. The number of aromatic nitrogens is 5. The predicted molar refractivity (Wildman–Crippen MR) is 148 cm³/mol. The zero-order valence-corrected chi connectivity index (χ0v) is 22.3. The number of anilines is 1. The van der Waals surface area contributed by atoms with Gasteiger partial charge in [0, 0.05) is 49.2 Å². The van der Waals surface area contributed by atoms with Crippen LogP contribution in [0.2, 0.25) is 0 Å². The quantitative estimate of drug-likeness (QED) is 0.396. The van der Waals surface area contributed by atoms with Crippen molar-refractivity contribution in [3.8, 4) is 11.3 Å². The van der Waals surface area contributed by atoms with E-state index < -0.39 is 0 Å². The number of nitrogens with one attached hydrogen (secondary N) is 1. The number of aryl methyl sites for hydroxylation is 3. The van der Waals surface area contributed by atoms with Crippen LogP contribution in [0.3, 0.4) is 0 Å². The molecule has 2 fully saturated rings. The summed E-state index contributed by atoms with van der Waals surface area (Å²) in [6, 6.07) is 10.4. The van der Waals surface area contributed by atoms with E-state index in [0.29, 0.717) is 40.5 Å². The molecule has 4 aromatic rings. The molecule has 9 heteroatoms. The van der Waals surface area contributed by atoms with E-state index in [1.54, 1.807) is 6.07 Å². The highest BCUT2D eigenvalue weighted by Crippen LogP contribution is 2.37. The fourth-order valence-electron chi connectivity index (χ4n) is 6.18. The molecular weight excluding hydrogens is 479 g/mol. The van der Waals surface area contributed by atoms with E-state index in [2.05, 4.69) is 37.9 Å². The van der Waals surface area contributed by atoms with Crippen LogP contribution in [0.15, 0.2) is 36.7 Å². The first-order valence-electron chi connectivity index (χ1n) is 13.8. The van der Waals surface area contributed by atoms with E-state index in [9.17, 15) is 0 Å². The van der Waals surface area contributed by atoms with Gasteiger partial charge in [0.2, 0.25) is 0 Å². The number of nitrogen functional groups attached to an aromatic ring is 1. The third kappa shape index (κ3) is 4.92. The number of piperazine rings is 1. The zero-order chi connectivity index (χ0) is 26.2. The first-order chi connectivity index (χ1) is 18.5. The normalized spacial score (nSPS) is 21.3. The molecule has 1 aliphatic heterocycles. The van der Waals surface area contributed by atoms with Crippen molar-refractivity contribution in [3.63, 3.8) is 0 Å². The molecule has 0 atom stereocenters. The molecule has 0 bridgehead atoms. The van der Waals surface area contributed by atoms with Gasteiger partial charge < -0.3 is 15.6 Å². The number of rotatable bonds is 6. The van der Waals surface area contributed by atoms with Crippen molar-refractivity contribution >= 4 is 16.9 Å². The van der Waals surface area contributed by atoms with Crippen molar-refractivity contribution in [2.75, 3.05) is 39.0 Å². The fraction of sp³-hybridized carbons (Fsp3) is 0.483. The number of H-pyrrole nitrogens is 1. The van der Waals surface area contributed by atoms with E-state index in [1.807, 2.05) is 29.8 Å². The molecule has 4 heterocycles. The van der Waals surface area contributed by atoms with E-state index in [1.165, 1.54) is 6.33 Å². The van der Waals surface area contributed by atoms with Crippen molar-refractivity contribution < 1.29 is 4.39 Å². The van der Waals surface area contributed by atoms with Gasteiger partial charge in [-0.2, -0.15) is 5.10 Å². The summed E-state index contributed by atoms with van der Waals surface area (Å²) in [5.41, 5.74) is 11.4. The third-order valence-corrected chi connectivity index (χ3v) is 8.47. The lowest BCUT2D eigenvalue weighted by Crippen LogP contribution is -2.49. The first kappa shape index (κ1) is 25.0. The van der Waals surface area contributed by atoms with E-state index in [4.69, 9.17) is 10.8 Å². The zero-order valence-electron chi connectivity index (χ0n) is 22.3. The molecule has 3 N–H and O–H groups in total. The maximum atomic E-state index is 15.2. The Labute approximate surface area is 223 Å². The summed E-state index contributed by atoms with van der Waals surface area (Å²) in [5, 5.41) is 5.71. The van der Waals surface area contributed by atoms with E-state index in [0.717, 1.165) is 75.3 Å². The van der Waals surface area contributed by atoms with Gasteiger partial charge in [0.15, 0.2) is 5.65 Å². The molecule has 0 spiro atoms. The molecule has 8 nitrogen and oxygen atoms in total.